The highest BCUT2D eigenvalue weighted by Gasteiger charge is 2.56. The highest BCUT2D eigenvalue weighted by Crippen LogP contribution is 2.65. The molecule has 594 valence electrons. The van der Waals surface area contributed by atoms with Crippen LogP contribution in [-0.4, -0.2) is 9.13 Å². The summed E-state index contributed by atoms with van der Waals surface area (Å²) < 4.78 is 29.4. The maximum absolute atomic E-state index is 17.3. The standard InChI is InChI=1S/C64H45N2OP.C55H36N2O/c1-63(2)51-28-12-9-25-47(51)48-38-36-43(40-56(48)63)65(57-32-15-10-24-46(57)42-20-5-3-6-21-42)44-37-39-54-61(41-44)68(67,45-22-7-4-8-23-45)60-35-18-14-30-53(60)64(54)52-29-13-17-34-59(52)66-58-33-16-11-26-49(58)50-27-19-31-55(64)62(50)66;1-3-16-37(17-4-1)38-30-32-40(33-31-38)56(49-26-11-7-20-42(49)39-18-5-2-6-19-39)41-34-35-47-53(36-41)58-52-29-14-10-24-46(52)55(47)45-23-9-13-28-51(45)57-50-27-12-8-21-43(50)44-22-15-25-48(55)54(44)57/h3-41H,1-2H3;1-36H. The molecule has 7 heteroatoms. The number of aromatic nitrogens is 2. The van der Waals surface area contributed by atoms with E-state index in [4.69, 9.17) is 4.74 Å². The van der Waals surface area contributed by atoms with Crippen LogP contribution in [0.3, 0.4) is 0 Å². The molecule has 5 aliphatic rings. The van der Waals surface area contributed by atoms with E-state index in [0.29, 0.717) is 0 Å². The van der Waals surface area contributed by atoms with Crippen LogP contribution in [0.15, 0.2) is 455 Å². The van der Waals surface area contributed by atoms with E-state index < -0.39 is 18.0 Å². The van der Waals surface area contributed by atoms with Gasteiger partial charge in [0.25, 0.3) is 0 Å². The van der Waals surface area contributed by atoms with E-state index in [9.17, 15) is 0 Å². The monoisotopic (exact) mass is 1630 g/mol. The van der Waals surface area contributed by atoms with Crippen molar-refractivity contribution in [2.75, 3.05) is 9.80 Å². The molecule has 0 radical (unpaired) electrons. The maximum Gasteiger partial charge on any atom is 0.171 e. The second kappa shape index (κ2) is 28.2. The van der Waals surface area contributed by atoms with Crippen LogP contribution in [0.5, 0.6) is 11.5 Å². The third kappa shape index (κ3) is 10.4. The fourth-order valence-electron chi connectivity index (χ4n) is 22.4. The van der Waals surface area contributed by atoms with E-state index in [-0.39, 0.29) is 5.41 Å². The molecule has 4 aliphatic heterocycles. The summed E-state index contributed by atoms with van der Waals surface area (Å²) >= 11 is 0. The van der Waals surface area contributed by atoms with Gasteiger partial charge in [-0.2, -0.15) is 0 Å². The summed E-state index contributed by atoms with van der Waals surface area (Å²) in [4.78, 5) is 4.79. The molecular weight excluding hydrogens is 1550 g/mol. The van der Waals surface area contributed by atoms with E-state index in [2.05, 4.69) is 470 Å². The summed E-state index contributed by atoms with van der Waals surface area (Å²) in [5.74, 6) is 1.71. The van der Waals surface area contributed by atoms with Gasteiger partial charge in [0.15, 0.2) is 7.14 Å². The number of ether oxygens (including phenoxy) is 1. The van der Waals surface area contributed by atoms with Gasteiger partial charge in [-0.15, -0.1) is 0 Å². The van der Waals surface area contributed by atoms with Crippen molar-refractivity contribution >= 4 is 101 Å². The minimum absolute atomic E-state index is 0.209. The van der Waals surface area contributed by atoms with Crippen molar-refractivity contribution in [3.05, 3.63) is 511 Å². The van der Waals surface area contributed by atoms with Crippen molar-refractivity contribution in [2.24, 2.45) is 0 Å². The molecule has 0 saturated carbocycles. The molecular formula is C119H81N4O2P. The third-order valence-corrected chi connectivity index (χ3v) is 30.8. The lowest BCUT2D eigenvalue weighted by molar-refractivity contribution is 0.434. The first kappa shape index (κ1) is 73.2. The molecule has 3 atom stereocenters. The molecule has 0 bridgehead atoms. The van der Waals surface area contributed by atoms with Gasteiger partial charge < -0.3 is 28.2 Å². The van der Waals surface area contributed by atoms with Crippen LogP contribution in [0.4, 0.5) is 34.1 Å². The van der Waals surface area contributed by atoms with Crippen molar-refractivity contribution < 1.29 is 9.30 Å². The number of hydrogen-bond acceptors (Lipinski definition) is 4. The minimum atomic E-state index is -3.57. The molecule has 126 heavy (non-hydrogen) atoms. The molecule has 0 fully saturated rings. The Labute approximate surface area is 732 Å². The van der Waals surface area contributed by atoms with Gasteiger partial charge in [0, 0.05) is 93.9 Å². The lowest BCUT2D eigenvalue weighted by Crippen LogP contribution is -2.48. The van der Waals surface area contributed by atoms with E-state index in [1.165, 1.54) is 105 Å². The van der Waals surface area contributed by atoms with Crippen molar-refractivity contribution in [1.29, 1.82) is 0 Å². The fourth-order valence-corrected chi connectivity index (χ4v) is 25.6. The van der Waals surface area contributed by atoms with Crippen LogP contribution in [0.25, 0.3) is 99.5 Å². The Morgan fingerprint density at radius 1 is 0.254 bits per heavy atom. The maximum atomic E-state index is 17.3. The molecule has 6 nitrogen and oxygen atoms in total. The highest BCUT2D eigenvalue weighted by molar-refractivity contribution is 7.85. The second-order valence-corrected chi connectivity index (χ2v) is 37.0. The smallest absolute Gasteiger partial charge is 0.171 e. The van der Waals surface area contributed by atoms with Crippen LogP contribution in [0, 0.1) is 0 Å². The van der Waals surface area contributed by atoms with E-state index in [1.54, 1.807) is 0 Å². The summed E-state index contributed by atoms with van der Waals surface area (Å²) in [6, 6.07) is 164. The molecule has 1 aliphatic carbocycles. The summed E-state index contributed by atoms with van der Waals surface area (Å²) in [7, 11) is -3.57. The molecule has 19 aromatic carbocycles. The largest absolute Gasteiger partial charge is 0.457 e. The average molecular weight is 1630 g/mol. The van der Waals surface area contributed by atoms with Crippen molar-refractivity contribution in [3.8, 4) is 67.4 Å². The van der Waals surface area contributed by atoms with Crippen LogP contribution in [0.2, 0.25) is 0 Å². The predicted molar refractivity (Wildman–Crippen MR) is 522 cm³/mol. The second-order valence-electron chi connectivity index (χ2n) is 34.3. The van der Waals surface area contributed by atoms with Gasteiger partial charge in [-0.3, -0.25) is 0 Å². The Bertz CT molecular complexity index is 8090. The van der Waals surface area contributed by atoms with E-state index in [1.807, 2.05) is 18.2 Å². The zero-order chi connectivity index (χ0) is 83.6. The van der Waals surface area contributed by atoms with Gasteiger partial charge in [-0.25, -0.2) is 0 Å². The van der Waals surface area contributed by atoms with Gasteiger partial charge in [-0.05, 0) is 163 Å². The molecule has 0 saturated heterocycles. The van der Waals surface area contributed by atoms with Crippen molar-refractivity contribution in [1.82, 2.24) is 9.13 Å². The van der Waals surface area contributed by atoms with Gasteiger partial charge in [-0.1, -0.05) is 378 Å². The van der Waals surface area contributed by atoms with E-state index in [0.717, 1.165) is 112 Å². The number of benzene rings is 19. The highest BCUT2D eigenvalue weighted by atomic mass is 31.2. The molecule has 0 N–H and O–H groups in total. The first-order chi connectivity index (χ1) is 62.2. The fraction of sp³-hybridized carbons (Fsp3) is 0.0420. The number of rotatable bonds is 10. The summed E-state index contributed by atoms with van der Waals surface area (Å²) in [5, 5.41) is 7.50. The number of hydrogen-bond donors (Lipinski definition) is 0. The van der Waals surface area contributed by atoms with Gasteiger partial charge in [0.1, 0.15) is 11.5 Å². The van der Waals surface area contributed by atoms with Crippen molar-refractivity contribution in [2.45, 2.75) is 30.1 Å². The van der Waals surface area contributed by atoms with Crippen LogP contribution in [-0.2, 0) is 20.8 Å². The Kier molecular flexibility index (Phi) is 16.4. The molecule has 6 heterocycles. The molecule has 2 aromatic heterocycles. The third-order valence-electron chi connectivity index (χ3n) is 27.7. The molecule has 2 spiro atoms. The van der Waals surface area contributed by atoms with Crippen LogP contribution >= 0.6 is 7.14 Å². The Morgan fingerprint density at radius 3 is 1.25 bits per heavy atom. The zero-order valence-electron chi connectivity index (χ0n) is 69.4. The molecule has 21 aromatic rings. The van der Waals surface area contributed by atoms with Gasteiger partial charge in [0.2, 0.25) is 0 Å². The number of anilines is 6. The number of fused-ring (bicyclic) bond motifs is 25. The molecule has 0 amide bonds. The van der Waals surface area contributed by atoms with Crippen LogP contribution < -0.4 is 30.5 Å². The lowest BCUT2D eigenvalue weighted by atomic mass is 9.62. The van der Waals surface area contributed by atoms with Crippen molar-refractivity contribution in [3.63, 3.8) is 0 Å². The Balaban J connectivity index is 0.000000139. The normalized spacial score (nSPS) is 16.4. The van der Waals surface area contributed by atoms with Crippen LogP contribution in [0.1, 0.15) is 69.5 Å². The number of para-hydroxylation sites is 9. The van der Waals surface area contributed by atoms with E-state index >= 15 is 4.57 Å². The Hall–Kier alpha value is -15.6. The predicted octanol–water partition coefficient (Wildman–Crippen LogP) is 29.3. The summed E-state index contributed by atoms with van der Waals surface area (Å²) in [5.41, 5.74) is 33.1. The number of nitrogens with zero attached hydrogens (tertiary/aromatic N) is 4. The molecule has 26 rings (SSSR count). The lowest BCUT2D eigenvalue weighted by Gasteiger charge is -2.47. The first-order valence-corrected chi connectivity index (χ1v) is 45.3. The quantitative estimate of drug-likeness (QED) is 0.128. The SMILES string of the molecule is CC1(C)c2ccccc2-c2ccc(N(c3ccc4c(c3)P(=O)(c3ccccc3)c3ccccc3C43c4ccccc4-n4c5ccccc5c5cccc3c54)c3ccccc3-c3ccccc3)cc21.c1ccc(-c2ccc(N(c3ccc4c(c3)Oc3ccccc3C43c4ccccc4-n4c5ccccc5c5cccc3c54)c3ccccc3-c3ccccc3)cc2)cc1. The Morgan fingerprint density at radius 2 is 0.643 bits per heavy atom. The molecule has 3 unspecified atom stereocenters. The summed E-state index contributed by atoms with van der Waals surface area (Å²) in [6.07, 6.45) is 0. The van der Waals surface area contributed by atoms with Gasteiger partial charge >= 0.3 is 0 Å². The zero-order valence-corrected chi connectivity index (χ0v) is 70.2. The minimum Gasteiger partial charge on any atom is -0.457 e. The topological polar surface area (TPSA) is 42.6 Å². The average Bonchev–Trinajstić information content (AvgIpc) is 1.16. The summed E-state index contributed by atoms with van der Waals surface area (Å²) in [6.45, 7) is 4.69. The van der Waals surface area contributed by atoms with Gasteiger partial charge in [0.05, 0.1) is 55.6 Å². The first-order valence-electron chi connectivity index (χ1n) is 43.6.